The molecule has 4 amide bonds. The van der Waals surface area contributed by atoms with Crippen LogP contribution in [0.3, 0.4) is 0 Å². The van der Waals surface area contributed by atoms with E-state index in [1.807, 2.05) is 6.92 Å². The van der Waals surface area contributed by atoms with Crippen LogP contribution in [0.1, 0.15) is 44.2 Å². The number of aliphatic carboxylic acids is 1. The Morgan fingerprint density at radius 3 is 1.90 bits per heavy atom. The standard InChI is InChI=1S/C34H39N5O9/c1-3-21(2)31(38-33(45)27(36-29(41)17-18-30(42)43)20-23-9-15-26(40)16-10-23)34(46)37-28(19-22-7-5-4-6-8-22)32(44)35-24-11-13-25(14-12-24)39(47)48/h4-16,21,27-28,31,40H,3,17-20H2,1-2H3,(H,35,44)(H,36,41)(H,37,46)(H,38,45)(H,42,43)/t21?,27-,28+,31+/m0/s1. The van der Waals surface area contributed by atoms with Crippen molar-refractivity contribution in [1.82, 2.24) is 16.0 Å². The van der Waals surface area contributed by atoms with Gasteiger partial charge in [-0.25, -0.2) is 0 Å². The number of carboxylic acids is 1. The van der Waals surface area contributed by atoms with E-state index in [9.17, 15) is 39.2 Å². The lowest BCUT2D eigenvalue weighted by Crippen LogP contribution is -2.58. The number of carboxylic acid groups (broad SMARTS) is 1. The maximum absolute atomic E-state index is 13.8. The van der Waals surface area contributed by atoms with Gasteiger partial charge >= 0.3 is 5.97 Å². The van der Waals surface area contributed by atoms with E-state index in [1.54, 1.807) is 49.4 Å². The van der Waals surface area contributed by atoms with Gasteiger partial charge in [0.25, 0.3) is 5.69 Å². The molecule has 0 aliphatic carbocycles. The number of benzene rings is 3. The summed E-state index contributed by atoms with van der Waals surface area (Å²) < 4.78 is 0. The number of nitro groups is 1. The topological polar surface area (TPSA) is 217 Å². The zero-order valence-electron chi connectivity index (χ0n) is 26.5. The number of rotatable bonds is 17. The highest BCUT2D eigenvalue weighted by Crippen LogP contribution is 2.17. The first-order valence-corrected chi connectivity index (χ1v) is 15.3. The average Bonchev–Trinajstić information content (AvgIpc) is 3.06. The molecule has 14 heteroatoms. The molecule has 0 aliphatic rings. The Kier molecular flexibility index (Phi) is 13.6. The first-order chi connectivity index (χ1) is 22.9. The fourth-order valence-electron chi connectivity index (χ4n) is 4.74. The van der Waals surface area contributed by atoms with Crippen LogP contribution in [0, 0.1) is 16.0 Å². The number of anilines is 1. The van der Waals surface area contributed by atoms with Gasteiger partial charge in [0, 0.05) is 37.1 Å². The van der Waals surface area contributed by atoms with Crippen molar-refractivity contribution in [3.63, 3.8) is 0 Å². The molecule has 0 aromatic heterocycles. The number of carbonyl (C=O) groups is 5. The number of amides is 4. The monoisotopic (exact) mass is 661 g/mol. The summed E-state index contributed by atoms with van der Waals surface area (Å²) in [6, 6.07) is 16.7. The number of non-ortho nitro benzene ring substituents is 1. The van der Waals surface area contributed by atoms with E-state index >= 15 is 0 Å². The molecule has 0 saturated heterocycles. The predicted octanol–water partition coefficient (Wildman–Crippen LogP) is 3.09. The summed E-state index contributed by atoms with van der Waals surface area (Å²) in [5.74, 6) is -4.22. The molecule has 6 N–H and O–H groups in total. The van der Waals surface area contributed by atoms with Crippen LogP contribution in [0.4, 0.5) is 11.4 Å². The summed E-state index contributed by atoms with van der Waals surface area (Å²) >= 11 is 0. The number of carbonyl (C=O) groups excluding carboxylic acids is 4. The van der Waals surface area contributed by atoms with Crippen molar-refractivity contribution < 1.29 is 39.1 Å². The molecular formula is C34H39N5O9. The Morgan fingerprint density at radius 1 is 0.750 bits per heavy atom. The molecule has 0 bridgehead atoms. The van der Waals surface area contributed by atoms with Crippen LogP contribution in [0.25, 0.3) is 0 Å². The molecular weight excluding hydrogens is 622 g/mol. The zero-order valence-corrected chi connectivity index (χ0v) is 26.5. The van der Waals surface area contributed by atoms with E-state index in [1.165, 1.54) is 36.4 Å². The lowest BCUT2D eigenvalue weighted by molar-refractivity contribution is -0.384. The Hall–Kier alpha value is -5.79. The first kappa shape index (κ1) is 36.7. The van der Waals surface area contributed by atoms with Gasteiger partial charge < -0.3 is 31.5 Å². The molecule has 1 unspecified atom stereocenters. The minimum atomic E-state index is -1.19. The average molecular weight is 662 g/mol. The van der Waals surface area contributed by atoms with Crippen LogP contribution in [-0.2, 0) is 36.8 Å². The van der Waals surface area contributed by atoms with Crippen LogP contribution in [0.2, 0.25) is 0 Å². The second kappa shape index (κ2) is 17.8. The number of nitrogens with one attached hydrogen (secondary N) is 4. The quantitative estimate of drug-likeness (QED) is 0.0924. The summed E-state index contributed by atoms with van der Waals surface area (Å²) in [7, 11) is 0. The Balaban J connectivity index is 1.83. The number of phenolic OH excluding ortho intramolecular Hbond substituents is 1. The smallest absolute Gasteiger partial charge is 0.303 e. The third kappa shape index (κ3) is 11.5. The lowest BCUT2D eigenvalue weighted by atomic mass is 9.96. The third-order valence-corrected chi connectivity index (χ3v) is 7.65. The fourth-order valence-corrected chi connectivity index (χ4v) is 4.74. The minimum Gasteiger partial charge on any atom is -0.508 e. The molecule has 0 spiro atoms. The molecule has 3 aromatic rings. The Bertz CT molecular complexity index is 1580. The molecule has 0 radical (unpaired) electrons. The van der Waals surface area contributed by atoms with E-state index in [4.69, 9.17) is 5.11 Å². The van der Waals surface area contributed by atoms with Crippen LogP contribution >= 0.6 is 0 Å². The van der Waals surface area contributed by atoms with Gasteiger partial charge in [-0.2, -0.15) is 0 Å². The summed E-state index contributed by atoms with van der Waals surface area (Å²) in [6.07, 6.45) is -0.273. The number of hydrogen-bond donors (Lipinski definition) is 6. The maximum atomic E-state index is 13.8. The van der Waals surface area contributed by atoms with E-state index in [0.717, 1.165) is 5.56 Å². The molecule has 0 saturated carbocycles. The van der Waals surface area contributed by atoms with Crippen molar-refractivity contribution in [2.24, 2.45) is 5.92 Å². The summed E-state index contributed by atoms with van der Waals surface area (Å²) in [5.41, 5.74) is 1.45. The first-order valence-electron chi connectivity index (χ1n) is 15.3. The molecule has 3 rings (SSSR count). The Morgan fingerprint density at radius 2 is 1.33 bits per heavy atom. The second-order valence-electron chi connectivity index (χ2n) is 11.3. The molecule has 4 atom stereocenters. The number of nitrogens with zero attached hydrogens (tertiary/aromatic N) is 1. The van der Waals surface area contributed by atoms with Gasteiger partial charge in [0.15, 0.2) is 0 Å². The summed E-state index contributed by atoms with van der Waals surface area (Å²) in [6.45, 7) is 3.57. The van der Waals surface area contributed by atoms with Crippen LogP contribution in [-0.4, -0.2) is 62.9 Å². The van der Waals surface area contributed by atoms with Crippen molar-refractivity contribution in [2.75, 3.05) is 5.32 Å². The van der Waals surface area contributed by atoms with E-state index in [-0.39, 0.29) is 36.4 Å². The highest BCUT2D eigenvalue weighted by atomic mass is 16.6. The molecule has 0 heterocycles. The van der Waals surface area contributed by atoms with Gasteiger partial charge in [-0.3, -0.25) is 34.1 Å². The SMILES string of the molecule is CCC(C)[C@@H](NC(=O)[C@H](Cc1ccc(O)cc1)NC(=O)CCC(=O)O)C(=O)N[C@H](Cc1ccccc1)C(=O)Nc1ccc([N+](=O)[O-])cc1. The molecule has 0 fully saturated rings. The number of phenols is 1. The van der Waals surface area contributed by atoms with Crippen molar-refractivity contribution in [3.05, 3.63) is 100 Å². The van der Waals surface area contributed by atoms with Crippen LogP contribution < -0.4 is 21.3 Å². The number of nitro benzene ring substituents is 1. The van der Waals surface area contributed by atoms with Crippen molar-refractivity contribution >= 4 is 41.0 Å². The van der Waals surface area contributed by atoms with Crippen LogP contribution in [0.15, 0.2) is 78.9 Å². The number of hydrogen-bond acceptors (Lipinski definition) is 8. The molecule has 48 heavy (non-hydrogen) atoms. The third-order valence-electron chi connectivity index (χ3n) is 7.65. The predicted molar refractivity (Wildman–Crippen MR) is 176 cm³/mol. The molecule has 0 aliphatic heterocycles. The van der Waals surface area contributed by atoms with E-state index < -0.39 is 65.0 Å². The van der Waals surface area contributed by atoms with Gasteiger partial charge in [-0.05, 0) is 41.3 Å². The normalized spacial score (nSPS) is 13.2. The zero-order chi connectivity index (χ0) is 35.2. The summed E-state index contributed by atoms with van der Waals surface area (Å²) in [4.78, 5) is 74.9. The Labute approximate surface area is 277 Å². The minimum absolute atomic E-state index is 0.00132. The molecule has 3 aromatic carbocycles. The van der Waals surface area contributed by atoms with Crippen molar-refractivity contribution in [1.29, 1.82) is 0 Å². The highest BCUT2D eigenvalue weighted by Gasteiger charge is 2.32. The maximum Gasteiger partial charge on any atom is 0.303 e. The van der Waals surface area contributed by atoms with Gasteiger partial charge in [-0.1, -0.05) is 62.7 Å². The van der Waals surface area contributed by atoms with Gasteiger partial charge in [-0.15, -0.1) is 0 Å². The van der Waals surface area contributed by atoms with Gasteiger partial charge in [0.1, 0.15) is 23.9 Å². The van der Waals surface area contributed by atoms with Gasteiger partial charge in [0.2, 0.25) is 23.6 Å². The van der Waals surface area contributed by atoms with Gasteiger partial charge in [0.05, 0.1) is 11.3 Å². The lowest BCUT2D eigenvalue weighted by Gasteiger charge is -2.28. The van der Waals surface area contributed by atoms with E-state index in [2.05, 4.69) is 21.3 Å². The van der Waals surface area contributed by atoms with Crippen molar-refractivity contribution in [3.8, 4) is 5.75 Å². The summed E-state index contributed by atoms with van der Waals surface area (Å²) in [5, 5.41) is 40.3. The van der Waals surface area contributed by atoms with Crippen LogP contribution in [0.5, 0.6) is 5.75 Å². The largest absolute Gasteiger partial charge is 0.508 e. The number of aromatic hydroxyl groups is 1. The van der Waals surface area contributed by atoms with E-state index in [0.29, 0.717) is 12.0 Å². The second-order valence-corrected chi connectivity index (χ2v) is 11.3. The van der Waals surface area contributed by atoms with Crippen molar-refractivity contribution in [2.45, 2.75) is 64.1 Å². The molecule has 254 valence electrons. The highest BCUT2D eigenvalue weighted by molar-refractivity contribution is 5.99. The molecule has 14 nitrogen and oxygen atoms in total. The fraction of sp³-hybridized carbons (Fsp3) is 0.324.